The first-order valence-electron chi connectivity index (χ1n) is 11.3. The molecular weight excluding hydrogens is 412 g/mol. The summed E-state index contributed by atoms with van der Waals surface area (Å²) in [5.41, 5.74) is 12.9. The molecule has 0 radical (unpaired) electrons. The molecule has 0 atom stereocenters. The molecule has 7 nitrogen and oxygen atoms in total. The molecule has 1 fully saturated rings. The maximum atomic E-state index is 12.4. The van der Waals surface area contributed by atoms with Gasteiger partial charge in [0, 0.05) is 60.4 Å². The largest absolute Gasteiger partial charge is 0.369 e. The van der Waals surface area contributed by atoms with E-state index in [1.165, 1.54) is 11.9 Å². The number of carbonyl (C=O) groups is 1. The number of likely N-dealkylation sites (N-methyl/N-ethyl adjacent to an activating group) is 1. The van der Waals surface area contributed by atoms with Crippen LogP contribution in [0, 0.1) is 5.41 Å². The van der Waals surface area contributed by atoms with Crippen molar-refractivity contribution in [2.75, 3.05) is 45.2 Å². The van der Waals surface area contributed by atoms with Crippen LogP contribution in [0.1, 0.15) is 15.9 Å². The highest BCUT2D eigenvalue weighted by molar-refractivity contribution is 6.16. The van der Waals surface area contributed by atoms with Gasteiger partial charge in [0.2, 0.25) is 0 Å². The lowest BCUT2D eigenvalue weighted by Gasteiger charge is -2.34. The Kier molecular flexibility index (Phi) is 5.36. The van der Waals surface area contributed by atoms with Gasteiger partial charge in [-0.1, -0.05) is 6.07 Å². The van der Waals surface area contributed by atoms with Gasteiger partial charge in [-0.3, -0.25) is 4.79 Å². The standard InChI is InChI=1S/C26H28N6O/c1-29-23-6-3-16(11-18(23)15-27)17-12-21-20-5-4-19(32-9-7-31(2)8-10-32)14-24(20)30-25(21)22(13-17)26(28)33/h3-6,11-15,27,29-30H,7-10H2,1-2H3,(H2,28,33)/p+1. The zero-order valence-corrected chi connectivity index (χ0v) is 19.0. The second-order valence-electron chi connectivity index (χ2n) is 8.73. The van der Waals surface area contributed by atoms with E-state index in [0.717, 1.165) is 70.4 Å². The summed E-state index contributed by atoms with van der Waals surface area (Å²) in [5, 5.41) is 11.8. The number of primary amides is 1. The van der Waals surface area contributed by atoms with Crippen molar-refractivity contribution in [2.45, 2.75) is 0 Å². The third-order valence-corrected chi connectivity index (χ3v) is 6.71. The van der Waals surface area contributed by atoms with Crippen LogP contribution in [0.2, 0.25) is 0 Å². The van der Waals surface area contributed by atoms with E-state index >= 15 is 0 Å². The molecule has 0 unspecified atom stereocenters. The number of benzene rings is 3. The Bertz CT molecular complexity index is 1380. The average Bonchev–Trinajstić information content (AvgIpc) is 3.21. The van der Waals surface area contributed by atoms with Crippen LogP contribution in [0.5, 0.6) is 0 Å². The molecule has 7 heteroatoms. The summed E-state index contributed by atoms with van der Waals surface area (Å²) < 4.78 is 0. The number of nitrogens with two attached hydrogens (primary N) is 2. The number of rotatable bonds is 5. The fourth-order valence-electron chi connectivity index (χ4n) is 4.76. The van der Waals surface area contributed by atoms with Crippen LogP contribution >= 0.6 is 0 Å². The highest BCUT2D eigenvalue weighted by Crippen LogP contribution is 2.35. The lowest BCUT2D eigenvalue weighted by Crippen LogP contribution is -2.73. The summed E-state index contributed by atoms with van der Waals surface area (Å²) in [5.74, 6) is -0.460. The highest BCUT2D eigenvalue weighted by atomic mass is 16.1. The number of fused-ring (bicyclic) bond motifs is 3. The zero-order chi connectivity index (χ0) is 23.1. The molecule has 0 saturated carbocycles. The molecule has 1 aromatic heterocycles. The van der Waals surface area contributed by atoms with E-state index < -0.39 is 5.91 Å². The van der Waals surface area contributed by atoms with Crippen molar-refractivity contribution in [3.05, 3.63) is 59.7 Å². The highest BCUT2D eigenvalue weighted by Gasteiger charge is 2.18. The van der Waals surface area contributed by atoms with Crippen LogP contribution in [0.3, 0.4) is 0 Å². The predicted octanol–water partition coefficient (Wildman–Crippen LogP) is 2.66. The fourth-order valence-corrected chi connectivity index (χ4v) is 4.76. The van der Waals surface area contributed by atoms with Crippen LogP contribution in [-0.4, -0.2) is 62.3 Å². The molecule has 2 heterocycles. The fraction of sp³-hybridized carbons (Fsp3) is 0.231. The van der Waals surface area contributed by atoms with Crippen LogP contribution < -0.4 is 16.0 Å². The number of aromatic nitrogens is 1. The Morgan fingerprint density at radius 3 is 2.52 bits per heavy atom. The van der Waals surface area contributed by atoms with Crippen molar-refractivity contribution in [3.63, 3.8) is 0 Å². The summed E-state index contributed by atoms with van der Waals surface area (Å²) in [4.78, 5) is 20.6. The number of amides is 1. The molecule has 6 N–H and O–H groups in total. The van der Waals surface area contributed by atoms with Gasteiger partial charge < -0.3 is 31.2 Å². The van der Waals surface area contributed by atoms with E-state index in [1.807, 2.05) is 36.6 Å². The first-order chi connectivity index (χ1) is 16.0. The van der Waals surface area contributed by atoms with E-state index in [9.17, 15) is 4.79 Å². The van der Waals surface area contributed by atoms with Crippen LogP contribution in [0.15, 0.2) is 48.5 Å². The third kappa shape index (κ3) is 3.75. The number of quaternary nitrogens is 1. The summed E-state index contributed by atoms with van der Waals surface area (Å²) in [6, 6.07) is 16.4. The molecular formula is C26H29N6O+. The van der Waals surface area contributed by atoms with Crippen molar-refractivity contribution < 1.29 is 10.1 Å². The number of hydrogen-bond acceptors (Lipinski definition) is 4. The van der Waals surface area contributed by atoms with Gasteiger partial charge in [0.25, 0.3) is 5.91 Å². The SMILES string of the molecule is C[NH2+]c1ccc(-c2cc(C(N)=O)c3[nH]c4cc(N5CCN(C)CC5)ccc4c3c2)cc1C=N. The van der Waals surface area contributed by atoms with Crippen LogP contribution in [-0.2, 0) is 0 Å². The number of anilines is 1. The Balaban J connectivity index is 1.65. The second kappa shape index (κ2) is 8.35. The molecule has 0 bridgehead atoms. The molecule has 33 heavy (non-hydrogen) atoms. The quantitative estimate of drug-likeness (QED) is 0.283. The van der Waals surface area contributed by atoms with Gasteiger partial charge in [-0.25, -0.2) is 0 Å². The van der Waals surface area contributed by atoms with E-state index in [4.69, 9.17) is 11.1 Å². The van der Waals surface area contributed by atoms with E-state index in [-0.39, 0.29) is 0 Å². The number of carbonyl (C=O) groups excluding carboxylic acids is 1. The smallest absolute Gasteiger partial charge is 0.250 e. The first-order valence-corrected chi connectivity index (χ1v) is 11.3. The first kappa shape index (κ1) is 21.2. The molecule has 3 aromatic carbocycles. The summed E-state index contributed by atoms with van der Waals surface area (Å²) in [7, 11) is 4.11. The van der Waals surface area contributed by atoms with Crippen molar-refractivity contribution >= 4 is 45.3 Å². The molecule has 4 aromatic rings. The molecule has 0 spiro atoms. The molecule has 1 saturated heterocycles. The monoisotopic (exact) mass is 441 g/mol. The molecule has 5 rings (SSSR count). The number of nitrogens with zero attached hydrogens (tertiary/aromatic N) is 2. The summed E-state index contributed by atoms with van der Waals surface area (Å²) in [6.45, 7) is 4.09. The summed E-state index contributed by atoms with van der Waals surface area (Å²) in [6.07, 6.45) is 1.36. The number of aromatic amines is 1. The minimum absolute atomic E-state index is 0.460. The number of hydrogen-bond donors (Lipinski definition) is 4. The Labute approximate surface area is 192 Å². The van der Waals surface area contributed by atoms with Crippen molar-refractivity contribution in [1.82, 2.24) is 9.88 Å². The number of piperazine rings is 1. The zero-order valence-electron chi connectivity index (χ0n) is 19.0. The van der Waals surface area contributed by atoms with Crippen molar-refractivity contribution in [2.24, 2.45) is 5.73 Å². The normalized spacial score (nSPS) is 14.8. The van der Waals surface area contributed by atoms with Crippen LogP contribution in [0.4, 0.5) is 11.4 Å². The lowest BCUT2D eigenvalue weighted by atomic mass is 9.97. The molecule has 0 aliphatic carbocycles. The maximum absolute atomic E-state index is 12.4. The van der Waals surface area contributed by atoms with Gasteiger partial charge >= 0.3 is 0 Å². The topological polar surface area (TPSA) is 106 Å². The molecule has 1 aliphatic heterocycles. The van der Waals surface area contributed by atoms with Crippen molar-refractivity contribution in [1.29, 1.82) is 5.41 Å². The number of nitrogens with one attached hydrogen (secondary N) is 2. The van der Waals surface area contributed by atoms with Gasteiger partial charge in [0.1, 0.15) is 5.69 Å². The van der Waals surface area contributed by atoms with Gasteiger partial charge in [-0.05, 0) is 54.6 Å². The van der Waals surface area contributed by atoms with E-state index in [1.54, 1.807) is 0 Å². The molecule has 1 amide bonds. The maximum Gasteiger partial charge on any atom is 0.250 e. The van der Waals surface area contributed by atoms with Gasteiger partial charge in [0.05, 0.1) is 23.7 Å². The Morgan fingerprint density at radius 2 is 1.82 bits per heavy atom. The summed E-state index contributed by atoms with van der Waals surface area (Å²) >= 11 is 0. The molecule has 168 valence electrons. The number of H-pyrrole nitrogens is 1. The minimum Gasteiger partial charge on any atom is -0.369 e. The minimum atomic E-state index is -0.460. The Morgan fingerprint density at radius 1 is 1.03 bits per heavy atom. The van der Waals surface area contributed by atoms with Gasteiger partial charge in [-0.2, -0.15) is 0 Å². The molecule has 1 aliphatic rings. The van der Waals surface area contributed by atoms with E-state index in [0.29, 0.717) is 5.56 Å². The third-order valence-electron chi connectivity index (χ3n) is 6.71. The van der Waals surface area contributed by atoms with Crippen molar-refractivity contribution in [3.8, 4) is 11.1 Å². The van der Waals surface area contributed by atoms with E-state index in [2.05, 4.69) is 46.1 Å². The van der Waals surface area contributed by atoms with Gasteiger partial charge in [0.15, 0.2) is 0 Å². The average molecular weight is 442 g/mol. The Hall–Kier alpha value is -3.68. The lowest BCUT2D eigenvalue weighted by molar-refractivity contribution is -0.539. The second-order valence-corrected chi connectivity index (χ2v) is 8.73. The predicted molar refractivity (Wildman–Crippen MR) is 135 cm³/mol. The van der Waals surface area contributed by atoms with Gasteiger partial charge in [-0.15, -0.1) is 0 Å². The van der Waals surface area contributed by atoms with Crippen LogP contribution in [0.25, 0.3) is 32.9 Å².